The zero-order valence-electron chi connectivity index (χ0n) is 22.9. The zero-order valence-corrected chi connectivity index (χ0v) is 24.5. The summed E-state index contributed by atoms with van der Waals surface area (Å²) in [6, 6.07) is 6.67. The van der Waals surface area contributed by atoms with E-state index in [-0.39, 0.29) is 6.54 Å². The highest BCUT2D eigenvalue weighted by Crippen LogP contribution is 2.40. The predicted octanol–water partition coefficient (Wildman–Crippen LogP) is -2.02. The Morgan fingerprint density at radius 1 is 1.17 bits per heavy atom. The molecule has 0 radical (unpaired) electrons. The molecule has 10 N–H and O–H groups in total. The summed E-state index contributed by atoms with van der Waals surface area (Å²) in [7, 11) is 3.79. The summed E-state index contributed by atoms with van der Waals surface area (Å²) in [5.41, 5.74) is 0.982. The van der Waals surface area contributed by atoms with Crippen LogP contribution in [0.5, 0.6) is 0 Å². The van der Waals surface area contributed by atoms with E-state index < -0.39 is 68.0 Å². The van der Waals surface area contributed by atoms with Crippen molar-refractivity contribution in [2.75, 3.05) is 37.4 Å². The lowest BCUT2D eigenvalue weighted by Crippen LogP contribution is -2.68. The second-order valence-corrected chi connectivity index (χ2v) is 13.1. The lowest BCUT2D eigenvalue weighted by molar-refractivity contribution is -0.438. The van der Waals surface area contributed by atoms with Crippen LogP contribution in [0.2, 0.25) is 0 Å². The first-order chi connectivity index (χ1) is 20.0. The van der Waals surface area contributed by atoms with E-state index in [1.165, 1.54) is 11.0 Å². The quantitative estimate of drug-likeness (QED) is 0.0235. The van der Waals surface area contributed by atoms with Crippen LogP contribution in [0.15, 0.2) is 24.3 Å². The van der Waals surface area contributed by atoms with Crippen molar-refractivity contribution in [3.8, 4) is 0 Å². The average molecular weight is 638 g/mol. The second kappa shape index (κ2) is 16.7. The molecule has 1 aromatic rings. The Morgan fingerprint density at radius 2 is 1.93 bits per heavy atom. The molecule has 2 aliphatic heterocycles. The summed E-state index contributed by atoms with van der Waals surface area (Å²) < 4.78 is 12.2. The van der Waals surface area contributed by atoms with Gasteiger partial charge in [0.05, 0.1) is 13.2 Å². The van der Waals surface area contributed by atoms with E-state index in [4.69, 9.17) is 9.47 Å². The van der Waals surface area contributed by atoms with Gasteiger partial charge in [0.1, 0.15) is 42.7 Å². The van der Waals surface area contributed by atoms with Gasteiger partial charge in [-0.25, -0.2) is 0 Å². The molecule has 0 spiro atoms. The highest BCUT2D eigenvalue weighted by molar-refractivity contribution is 8.77. The van der Waals surface area contributed by atoms with Gasteiger partial charge in [-0.1, -0.05) is 27.7 Å². The van der Waals surface area contributed by atoms with Crippen molar-refractivity contribution in [1.29, 1.82) is 0 Å². The van der Waals surface area contributed by atoms with E-state index in [0.29, 0.717) is 23.2 Å². The Labute approximate surface area is 251 Å². The lowest BCUT2D eigenvalue weighted by atomic mass is 9.95. The Hall–Kier alpha value is -1.34. The number of nitrogens with zero attached hydrogens (tertiary/aromatic N) is 1. The van der Waals surface area contributed by atoms with Crippen LogP contribution in [-0.2, 0) is 14.3 Å². The second-order valence-electron chi connectivity index (χ2n) is 10.3. The van der Waals surface area contributed by atoms with Gasteiger partial charge in [0.25, 0.3) is 0 Å². The van der Waals surface area contributed by atoms with Gasteiger partial charge < -0.3 is 60.7 Å². The summed E-state index contributed by atoms with van der Waals surface area (Å²) >= 11 is 0. The maximum atomic E-state index is 11.7. The molecule has 0 amide bonds. The van der Waals surface area contributed by atoms with Crippen LogP contribution in [0, 0.1) is 0 Å². The summed E-state index contributed by atoms with van der Waals surface area (Å²) in [6.45, 7) is -1.61. The van der Waals surface area contributed by atoms with Gasteiger partial charge in [-0.15, -0.1) is 4.58 Å². The van der Waals surface area contributed by atoms with Gasteiger partial charge in [0.2, 0.25) is 17.8 Å². The molecule has 9 atom stereocenters. The van der Waals surface area contributed by atoms with Gasteiger partial charge in [-0.2, -0.15) is 4.79 Å². The summed E-state index contributed by atoms with van der Waals surface area (Å²) in [4.78, 5) is 11.7. The predicted molar refractivity (Wildman–Crippen MR) is 153 cm³/mol. The van der Waals surface area contributed by atoms with Gasteiger partial charge >= 0.3 is 6.08 Å². The highest BCUT2D eigenvalue weighted by atomic mass is 33.1. The minimum atomic E-state index is -3.20. The Kier molecular flexibility index (Phi) is 13.9. The van der Waals surface area contributed by atoms with Crippen molar-refractivity contribution in [2.24, 2.45) is 0 Å². The van der Waals surface area contributed by atoms with Gasteiger partial charge in [0.15, 0.2) is 6.54 Å². The summed E-state index contributed by atoms with van der Waals surface area (Å²) in [5, 5.41) is 94.1. The van der Waals surface area contributed by atoms with Crippen molar-refractivity contribution in [1.82, 2.24) is 0 Å². The number of aliphatic hydroxyl groups excluding tert-OH is 7. The number of aliphatic hydroxyl groups is 9. The number of ether oxygens (including phenoxy) is 2. The number of rotatable bonds is 16. The van der Waals surface area contributed by atoms with Crippen LogP contribution in [-0.4, -0.2) is 149 Å². The standard InChI is InChI=1S/C26H41N2O12S2/c29-12-18(32)21(33)22(34)19(39-25-26(37,38)24(36)23(35)20(13-30)40-25)11-27-15-4-3-5-16(10-15)28(14-31)8-2-1-6-17-7-9-41-42-17/h3-5,10,17-25,27,29-30,32-38H,1-2,6-9,11-13H2/q+1. The molecular formula is C26H41N2O12S2+. The third kappa shape index (κ3) is 9.09. The Morgan fingerprint density at radius 3 is 2.57 bits per heavy atom. The van der Waals surface area contributed by atoms with Gasteiger partial charge in [-0.3, -0.25) is 0 Å². The molecule has 16 heteroatoms. The molecule has 42 heavy (non-hydrogen) atoms. The number of nitrogens with one attached hydrogen (secondary N) is 1. The van der Waals surface area contributed by atoms with E-state index in [1.807, 2.05) is 27.7 Å². The molecule has 2 aliphatic rings. The fourth-order valence-corrected chi connectivity index (χ4v) is 7.64. The molecule has 2 saturated heterocycles. The molecule has 9 unspecified atom stereocenters. The third-order valence-corrected chi connectivity index (χ3v) is 10.2. The van der Waals surface area contributed by atoms with Crippen LogP contribution < -0.4 is 5.32 Å². The van der Waals surface area contributed by atoms with Crippen molar-refractivity contribution in [3.05, 3.63) is 24.3 Å². The van der Waals surface area contributed by atoms with Crippen molar-refractivity contribution >= 4 is 39.0 Å². The minimum absolute atomic E-state index is 0.347. The normalized spacial score (nSPS) is 28.5. The van der Waals surface area contributed by atoms with Crippen molar-refractivity contribution in [2.45, 2.75) is 85.7 Å². The fraction of sp³-hybridized carbons (Fsp3) is 0.731. The molecule has 0 saturated carbocycles. The van der Waals surface area contributed by atoms with E-state index in [1.54, 1.807) is 24.3 Å². The lowest BCUT2D eigenvalue weighted by Gasteiger charge is -2.46. The van der Waals surface area contributed by atoms with E-state index in [0.717, 1.165) is 25.0 Å². The number of isocyanates is 1. The molecule has 1 aromatic carbocycles. The van der Waals surface area contributed by atoms with Crippen LogP contribution >= 0.6 is 21.6 Å². The van der Waals surface area contributed by atoms with Gasteiger partial charge in [-0.05, 0) is 25.3 Å². The van der Waals surface area contributed by atoms with Crippen molar-refractivity contribution in [3.63, 3.8) is 0 Å². The number of unbranched alkanes of at least 4 members (excludes halogenated alkanes) is 1. The molecule has 14 nitrogen and oxygen atoms in total. The average Bonchev–Trinajstić information content (AvgIpc) is 3.52. The SMILES string of the molecule is O=C=[N+](CCCCC1CCSS1)c1cccc(NCC(OC2OC(CO)C(O)C(O)C2(O)O)C(O)C(O)C(O)CO)c1. The number of carbonyl (C=O) groups excluding carboxylic acids is 1. The first-order valence-corrected chi connectivity index (χ1v) is 16.1. The Bertz CT molecular complexity index is 1030. The summed E-state index contributed by atoms with van der Waals surface area (Å²) in [5.74, 6) is -2.03. The topological polar surface area (TPSA) is 233 Å². The molecule has 2 fully saturated rings. The molecule has 0 aliphatic carbocycles. The van der Waals surface area contributed by atoms with E-state index in [2.05, 4.69) is 5.32 Å². The Balaban J connectivity index is 1.70. The van der Waals surface area contributed by atoms with Crippen LogP contribution in [0.4, 0.5) is 11.4 Å². The number of hydrogen-bond donors (Lipinski definition) is 10. The molecule has 2 heterocycles. The summed E-state index contributed by atoms with van der Waals surface area (Å²) in [6.07, 6.45) is -8.99. The molecule has 0 aromatic heterocycles. The number of benzene rings is 1. The highest BCUT2D eigenvalue weighted by Gasteiger charge is 2.56. The third-order valence-electron chi connectivity index (χ3n) is 7.24. The molecule has 0 bridgehead atoms. The van der Waals surface area contributed by atoms with Crippen molar-refractivity contribution < 1.29 is 64.8 Å². The molecule has 238 valence electrons. The minimum Gasteiger partial charge on any atom is -0.394 e. The van der Waals surface area contributed by atoms with E-state index in [9.17, 15) is 50.8 Å². The maximum absolute atomic E-state index is 11.7. The number of anilines is 1. The largest absolute Gasteiger partial charge is 0.430 e. The molecule has 3 rings (SSSR count). The van der Waals surface area contributed by atoms with Crippen LogP contribution in [0.25, 0.3) is 0 Å². The number of hydrogen-bond acceptors (Lipinski definition) is 15. The van der Waals surface area contributed by atoms with Crippen LogP contribution in [0.1, 0.15) is 25.7 Å². The van der Waals surface area contributed by atoms with Crippen LogP contribution in [0.3, 0.4) is 0 Å². The zero-order chi connectivity index (χ0) is 30.9. The first-order valence-electron chi connectivity index (χ1n) is 13.7. The smallest absolute Gasteiger partial charge is 0.394 e. The first kappa shape index (κ1) is 35.1. The maximum Gasteiger partial charge on any atom is 0.430 e. The molecular weight excluding hydrogens is 596 g/mol. The monoisotopic (exact) mass is 637 g/mol. The van der Waals surface area contributed by atoms with E-state index >= 15 is 0 Å². The fourth-order valence-electron chi connectivity index (χ4n) is 4.62. The van der Waals surface area contributed by atoms with Gasteiger partial charge in [0, 0.05) is 41.8 Å².